The molecular weight excluding hydrogens is 428 g/mol. The van der Waals surface area contributed by atoms with Crippen LogP contribution in [0.1, 0.15) is 53.7 Å². The average molecular weight is 461 g/mol. The van der Waals surface area contributed by atoms with Crippen molar-refractivity contribution in [1.29, 1.82) is 0 Å². The molecule has 1 amide bonds. The molecule has 2 saturated carbocycles. The number of methoxy groups -OCH3 is 1. The number of H-pyrrole nitrogens is 1. The zero-order valence-corrected chi connectivity index (χ0v) is 19.4. The van der Waals surface area contributed by atoms with Crippen LogP contribution in [0, 0.1) is 5.92 Å². The minimum Gasteiger partial charge on any atom is -0.497 e. The Morgan fingerprint density at radius 1 is 1.09 bits per heavy atom. The van der Waals surface area contributed by atoms with Gasteiger partial charge < -0.3 is 25.5 Å². The molecule has 0 saturated heterocycles. The standard InChI is InChI=1S/C27H32N4O3/c1-34-20-11-7-18(8-12-20)14-28-22-13-21(27(33)30-15-17-5-3-2-4-6-17)25(32)24(22)23-16-29-26(31-23)19-9-10-19/h2-8,11-12,16,19,21-22,24-25,28,32H,9-10,13-15H2,1H3,(H,29,31)(H,30,33)/t21-,22+,24+,25+/m0/s1. The number of hydrogen-bond acceptors (Lipinski definition) is 5. The van der Waals surface area contributed by atoms with Crippen molar-refractivity contribution in [3.63, 3.8) is 0 Å². The summed E-state index contributed by atoms with van der Waals surface area (Å²) in [7, 11) is 1.65. The molecule has 2 fully saturated rings. The van der Waals surface area contributed by atoms with Crippen molar-refractivity contribution in [2.75, 3.05) is 7.11 Å². The summed E-state index contributed by atoms with van der Waals surface area (Å²) in [4.78, 5) is 21.1. The number of nitrogens with one attached hydrogen (secondary N) is 3. The largest absolute Gasteiger partial charge is 0.497 e. The lowest BCUT2D eigenvalue weighted by Gasteiger charge is -2.22. The number of nitrogens with zero attached hydrogens (tertiary/aromatic N) is 1. The van der Waals surface area contributed by atoms with Crippen molar-refractivity contribution < 1.29 is 14.6 Å². The predicted octanol–water partition coefficient (Wildman–Crippen LogP) is 3.23. The van der Waals surface area contributed by atoms with Crippen LogP contribution in [0.15, 0.2) is 60.8 Å². The van der Waals surface area contributed by atoms with Crippen LogP contribution in [0.4, 0.5) is 0 Å². The number of aromatic amines is 1. The number of imidazole rings is 1. The highest BCUT2D eigenvalue weighted by Crippen LogP contribution is 2.42. The Labute approximate surface area is 200 Å². The van der Waals surface area contributed by atoms with Crippen LogP contribution in [-0.2, 0) is 17.9 Å². The van der Waals surface area contributed by atoms with Gasteiger partial charge in [0, 0.05) is 42.9 Å². The average Bonchev–Trinajstić information content (AvgIpc) is 3.52. The van der Waals surface area contributed by atoms with E-state index in [1.165, 1.54) is 0 Å². The van der Waals surface area contributed by atoms with Gasteiger partial charge in [-0.1, -0.05) is 42.5 Å². The molecule has 0 spiro atoms. The monoisotopic (exact) mass is 460 g/mol. The van der Waals surface area contributed by atoms with E-state index in [1.807, 2.05) is 60.8 Å². The molecule has 3 aromatic rings. The molecule has 2 aromatic carbocycles. The molecule has 0 bridgehead atoms. The molecule has 0 radical (unpaired) electrons. The molecule has 1 heterocycles. The number of amides is 1. The first-order valence-corrected chi connectivity index (χ1v) is 12.0. The second-order valence-electron chi connectivity index (χ2n) is 9.40. The summed E-state index contributed by atoms with van der Waals surface area (Å²) in [6.45, 7) is 1.09. The molecule has 7 heteroatoms. The molecule has 4 N–H and O–H groups in total. The molecule has 0 aliphatic heterocycles. The third-order valence-corrected chi connectivity index (χ3v) is 7.03. The normalized spacial score (nSPS) is 24.2. The van der Waals surface area contributed by atoms with Gasteiger partial charge in [0.15, 0.2) is 0 Å². The quantitative estimate of drug-likeness (QED) is 0.393. The van der Waals surface area contributed by atoms with E-state index in [9.17, 15) is 9.90 Å². The fraction of sp³-hybridized carbons (Fsp3) is 0.407. The van der Waals surface area contributed by atoms with Gasteiger partial charge in [-0.3, -0.25) is 4.79 Å². The summed E-state index contributed by atoms with van der Waals surface area (Å²) in [6.07, 6.45) is 3.92. The van der Waals surface area contributed by atoms with Gasteiger partial charge in [-0.15, -0.1) is 0 Å². The maximum Gasteiger partial charge on any atom is 0.226 e. The highest BCUT2D eigenvalue weighted by molar-refractivity contribution is 5.80. The van der Waals surface area contributed by atoms with E-state index in [0.717, 1.165) is 41.2 Å². The Bertz CT molecular complexity index is 1090. The second kappa shape index (κ2) is 9.99. The maximum atomic E-state index is 13.1. The smallest absolute Gasteiger partial charge is 0.226 e. The summed E-state index contributed by atoms with van der Waals surface area (Å²) in [5.74, 6) is 1.48. The van der Waals surface area contributed by atoms with Crippen LogP contribution in [0.5, 0.6) is 5.75 Å². The van der Waals surface area contributed by atoms with Gasteiger partial charge >= 0.3 is 0 Å². The van der Waals surface area contributed by atoms with Crippen LogP contribution in [0.2, 0.25) is 0 Å². The highest BCUT2D eigenvalue weighted by atomic mass is 16.5. The molecule has 0 unspecified atom stereocenters. The minimum atomic E-state index is -0.795. The maximum absolute atomic E-state index is 13.1. The summed E-state index contributed by atoms with van der Waals surface area (Å²) >= 11 is 0. The lowest BCUT2D eigenvalue weighted by atomic mass is 9.96. The van der Waals surface area contributed by atoms with Gasteiger partial charge in [-0.25, -0.2) is 4.98 Å². The Hall–Kier alpha value is -3.16. The van der Waals surface area contributed by atoms with Gasteiger partial charge in [0.2, 0.25) is 5.91 Å². The first-order valence-electron chi connectivity index (χ1n) is 12.0. The molecule has 5 rings (SSSR count). The number of hydrogen-bond donors (Lipinski definition) is 4. The second-order valence-corrected chi connectivity index (χ2v) is 9.40. The first kappa shape index (κ1) is 22.6. The number of aliphatic hydroxyl groups is 1. The first-order chi connectivity index (χ1) is 16.6. The van der Waals surface area contributed by atoms with E-state index in [1.54, 1.807) is 7.11 Å². The Morgan fingerprint density at radius 3 is 2.53 bits per heavy atom. The van der Waals surface area contributed by atoms with E-state index in [0.29, 0.717) is 25.4 Å². The number of carbonyl (C=O) groups excluding carboxylic acids is 1. The van der Waals surface area contributed by atoms with Crippen molar-refractivity contribution in [3.05, 3.63) is 83.4 Å². The van der Waals surface area contributed by atoms with Crippen molar-refractivity contribution in [2.24, 2.45) is 5.92 Å². The molecule has 4 atom stereocenters. The molecule has 2 aliphatic rings. The zero-order chi connectivity index (χ0) is 23.5. The van der Waals surface area contributed by atoms with Gasteiger partial charge in [-0.05, 0) is 42.5 Å². The van der Waals surface area contributed by atoms with E-state index in [2.05, 4.69) is 20.6 Å². The lowest BCUT2D eigenvalue weighted by molar-refractivity contribution is -0.127. The third-order valence-electron chi connectivity index (χ3n) is 7.03. The van der Waals surface area contributed by atoms with Crippen molar-refractivity contribution in [2.45, 2.75) is 56.3 Å². The molecule has 34 heavy (non-hydrogen) atoms. The van der Waals surface area contributed by atoms with Crippen LogP contribution >= 0.6 is 0 Å². The van der Waals surface area contributed by atoms with Crippen LogP contribution < -0.4 is 15.4 Å². The third kappa shape index (κ3) is 5.00. The van der Waals surface area contributed by atoms with E-state index in [4.69, 9.17) is 4.74 Å². The van der Waals surface area contributed by atoms with Crippen LogP contribution in [-0.4, -0.2) is 40.2 Å². The fourth-order valence-corrected chi connectivity index (χ4v) is 4.91. The molecule has 178 valence electrons. The molecule has 1 aromatic heterocycles. The van der Waals surface area contributed by atoms with Crippen molar-refractivity contribution in [3.8, 4) is 5.75 Å². The van der Waals surface area contributed by atoms with Gasteiger partial charge in [0.05, 0.1) is 19.1 Å². The Kier molecular flexibility index (Phi) is 6.65. The summed E-state index contributed by atoms with van der Waals surface area (Å²) in [5.41, 5.74) is 3.06. The topological polar surface area (TPSA) is 99.3 Å². The number of aliphatic hydroxyl groups excluding tert-OH is 1. The van der Waals surface area contributed by atoms with Crippen LogP contribution in [0.3, 0.4) is 0 Å². The van der Waals surface area contributed by atoms with Gasteiger partial charge in [0.1, 0.15) is 11.6 Å². The zero-order valence-electron chi connectivity index (χ0n) is 19.4. The van der Waals surface area contributed by atoms with Gasteiger partial charge in [0.25, 0.3) is 0 Å². The number of ether oxygens (including phenoxy) is 1. The highest BCUT2D eigenvalue weighted by Gasteiger charge is 2.47. The number of benzene rings is 2. The number of aromatic nitrogens is 2. The van der Waals surface area contributed by atoms with E-state index in [-0.39, 0.29) is 17.9 Å². The van der Waals surface area contributed by atoms with Crippen molar-refractivity contribution >= 4 is 5.91 Å². The molecule has 7 nitrogen and oxygen atoms in total. The molecular formula is C27H32N4O3. The van der Waals surface area contributed by atoms with E-state index < -0.39 is 12.0 Å². The minimum absolute atomic E-state index is 0.0583. The Balaban J connectivity index is 1.30. The van der Waals surface area contributed by atoms with Gasteiger partial charge in [-0.2, -0.15) is 0 Å². The Morgan fingerprint density at radius 2 is 1.82 bits per heavy atom. The van der Waals surface area contributed by atoms with E-state index >= 15 is 0 Å². The number of carbonyl (C=O) groups is 1. The number of rotatable bonds is 9. The molecule has 2 aliphatic carbocycles. The predicted molar refractivity (Wildman–Crippen MR) is 129 cm³/mol. The van der Waals surface area contributed by atoms with Crippen LogP contribution in [0.25, 0.3) is 0 Å². The SMILES string of the molecule is COc1ccc(CN[C@@H]2C[C@H](C(=O)NCc3ccccc3)[C@@H](O)[C@H]2c2cnc(C3CC3)[nH]2)cc1. The lowest BCUT2D eigenvalue weighted by Crippen LogP contribution is -2.36. The fourth-order valence-electron chi connectivity index (χ4n) is 4.91. The summed E-state index contributed by atoms with van der Waals surface area (Å²) in [6, 6.07) is 17.7. The summed E-state index contributed by atoms with van der Waals surface area (Å²) < 4.78 is 5.25. The van der Waals surface area contributed by atoms with Crippen molar-refractivity contribution in [1.82, 2.24) is 20.6 Å². The summed E-state index contributed by atoms with van der Waals surface area (Å²) in [5, 5.41) is 17.9.